The molecule has 0 aromatic heterocycles. The van der Waals surface area contributed by atoms with Crippen molar-refractivity contribution in [2.45, 2.75) is 64.2 Å². The summed E-state index contributed by atoms with van der Waals surface area (Å²) in [6.07, 6.45) is 6.55. The molecule has 2 aromatic carbocycles. The summed E-state index contributed by atoms with van der Waals surface area (Å²) in [6, 6.07) is 11.8. The van der Waals surface area contributed by atoms with Gasteiger partial charge in [-0.05, 0) is 92.7 Å². The molecule has 0 fully saturated rings. The van der Waals surface area contributed by atoms with E-state index in [9.17, 15) is 8.42 Å². The van der Waals surface area contributed by atoms with Crippen molar-refractivity contribution < 1.29 is 8.42 Å². The number of hydrogen-bond acceptors (Lipinski definition) is 2. The molecular formula is C23H31NO2S. The van der Waals surface area contributed by atoms with Gasteiger partial charge in [-0.3, -0.25) is 0 Å². The van der Waals surface area contributed by atoms with E-state index in [1.807, 2.05) is 19.1 Å². The third kappa shape index (κ3) is 5.20. The number of aryl methyl sites for hydroxylation is 4. The number of unbranched alkanes of at least 4 members (excludes halogenated alkanes) is 1. The van der Waals surface area contributed by atoms with E-state index in [1.165, 1.54) is 41.5 Å². The Balaban J connectivity index is 1.50. The van der Waals surface area contributed by atoms with Crippen molar-refractivity contribution in [2.75, 3.05) is 6.54 Å². The third-order valence-electron chi connectivity index (χ3n) is 5.63. The first-order chi connectivity index (χ1) is 12.8. The van der Waals surface area contributed by atoms with Gasteiger partial charge in [-0.2, -0.15) is 0 Å². The Bertz CT molecular complexity index is 885. The Morgan fingerprint density at radius 1 is 1.04 bits per heavy atom. The van der Waals surface area contributed by atoms with Gasteiger partial charge in [-0.25, -0.2) is 13.1 Å². The minimum atomic E-state index is -3.40. The number of nitrogens with one attached hydrogen (secondary N) is 1. The molecule has 0 amide bonds. The Morgan fingerprint density at radius 2 is 1.78 bits per heavy atom. The summed E-state index contributed by atoms with van der Waals surface area (Å²) in [7, 11) is -3.40. The molecule has 1 aliphatic rings. The smallest absolute Gasteiger partial charge is 0.211 e. The van der Waals surface area contributed by atoms with Gasteiger partial charge in [-0.1, -0.05) is 36.8 Å². The van der Waals surface area contributed by atoms with Crippen LogP contribution < -0.4 is 4.72 Å². The molecule has 0 radical (unpaired) electrons. The molecule has 4 heteroatoms. The summed E-state index contributed by atoms with van der Waals surface area (Å²) in [5.74, 6) is 0.782. The molecule has 1 aliphatic carbocycles. The van der Waals surface area contributed by atoms with Crippen molar-refractivity contribution in [2.24, 2.45) is 5.92 Å². The largest absolute Gasteiger partial charge is 0.240 e. The molecule has 0 spiro atoms. The third-order valence-corrected chi connectivity index (χ3v) is 7.11. The molecular weight excluding hydrogens is 354 g/mol. The summed E-state index contributed by atoms with van der Waals surface area (Å²) in [4.78, 5) is 0.341. The lowest BCUT2D eigenvalue weighted by Gasteiger charge is -2.23. The summed E-state index contributed by atoms with van der Waals surface area (Å²) >= 11 is 0. The van der Waals surface area contributed by atoms with E-state index >= 15 is 0 Å². The van der Waals surface area contributed by atoms with Gasteiger partial charge in [0.15, 0.2) is 0 Å². The number of fused-ring (bicyclic) bond motifs is 1. The molecule has 1 atom stereocenters. The number of hydrogen-bond donors (Lipinski definition) is 1. The molecule has 146 valence electrons. The van der Waals surface area contributed by atoms with Crippen molar-refractivity contribution in [1.82, 2.24) is 4.72 Å². The molecule has 0 heterocycles. The van der Waals surface area contributed by atoms with Crippen LogP contribution in [0, 0.1) is 19.8 Å². The van der Waals surface area contributed by atoms with E-state index in [2.05, 4.69) is 30.7 Å². The maximum Gasteiger partial charge on any atom is 0.240 e. The van der Waals surface area contributed by atoms with E-state index in [0.717, 1.165) is 30.7 Å². The first-order valence-electron chi connectivity index (χ1n) is 10.0. The minimum Gasteiger partial charge on any atom is -0.211 e. The highest BCUT2D eigenvalue weighted by atomic mass is 32.2. The lowest BCUT2D eigenvalue weighted by atomic mass is 9.82. The second-order valence-corrected chi connectivity index (χ2v) is 9.83. The maximum atomic E-state index is 12.3. The standard InChI is InChI=1S/C23H31NO2S/c1-17-8-11-23(12-9-17)27(25,26)24-13-5-4-6-20-16-22-14-18(2)7-10-21(22)15-19(20)3/h8-9,11-12,15-16,18,24H,4-7,10,13-14H2,1-3H3. The van der Waals surface area contributed by atoms with Crippen LogP contribution in [-0.2, 0) is 29.3 Å². The van der Waals surface area contributed by atoms with Gasteiger partial charge >= 0.3 is 0 Å². The average molecular weight is 386 g/mol. The van der Waals surface area contributed by atoms with Crippen LogP contribution in [0.5, 0.6) is 0 Å². The normalized spacial score (nSPS) is 16.9. The molecule has 1 unspecified atom stereocenters. The van der Waals surface area contributed by atoms with Crippen LogP contribution in [0.4, 0.5) is 0 Å². The molecule has 0 saturated heterocycles. The van der Waals surface area contributed by atoms with E-state index < -0.39 is 10.0 Å². The van der Waals surface area contributed by atoms with Crippen molar-refractivity contribution in [3.05, 3.63) is 64.2 Å². The second kappa shape index (κ2) is 8.57. The second-order valence-electron chi connectivity index (χ2n) is 8.06. The SMILES string of the molecule is Cc1ccc(S(=O)(=O)NCCCCc2cc3c(cc2C)CCC(C)C3)cc1. The van der Waals surface area contributed by atoms with Gasteiger partial charge < -0.3 is 0 Å². The van der Waals surface area contributed by atoms with E-state index in [1.54, 1.807) is 12.1 Å². The monoisotopic (exact) mass is 385 g/mol. The maximum absolute atomic E-state index is 12.3. The molecule has 0 aliphatic heterocycles. The first-order valence-corrected chi connectivity index (χ1v) is 11.5. The van der Waals surface area contributed by atoms with Crippen molar-refractivity contribution >= 4 is 10.0 Å². The van der Waals surface area contributed by atoms with Crippen LogP contribution in [-0.4, -0.2) is 15.0 Å². The fraction of sp³-hybridized carbons (Fsp3) is 0.478. The van der Waals surface area contributed by atoms with Crippen molar-refractivity contribution in [3.63, 3.8) is 0 Å². The minimum absolute atomic E-state index is 0.341. The van der Waals surface area contributed by atoms with Crippen LogP contribution in [0.1, 0.15) is 54.0 Å². The molecule has 3 nitrogen and oxygen atoms in total. The molecule has 2 aromatic rings. The Labute approximate surface area is 164 Å². The Morgan fingerprint density at radius 3 is 2.52 bits per heavy atom. The summed E-state index contributed by atoms with van der Waals surface area (Å²) < 4.78 is 27.3. The van der Waals surface area contributed by atoms with Crippen molar-refractivity contribution in [3.8, 4) is 0 Å². The van der Waals surface area contributed by atoms with E-state index in [0.29, 0.717) is 11.4 Å². The highest BCUT2D eigenvalue weighted by molar-refractivity contribution is 7.89. The molecule has 3 rings (SSSR count). The lowest BCUT2D eigenvalue weighted by molar-refractivity contribution is 0.500. The Hall–Kier alpha value is -1.65. The molecule has 0 saturated carbocycles. The van der Waals surface area contributed by atoms with Gasteiger partial charge in [-0.15, -0.1) is 0 Å². The highest BCUT2D eigenvalue weighted by Gasteiger charge is 2.17. The van der Waals surface area contributed by atoms with Crippen LogP contribution in [0.3, 0.4) is 0 Å². The Kier molecular flexibility index (Phi) is 6.38. The number of rotatable bonds is 7. The highest BCUT2D eigenvalue weighted by Crippen LogP contribution is 2.28. The zero-order valence-electron chi connectivity index (χ0n) is 16.7. The van der Waals surface area contributed by atoms with Crippen LogP contribution >= 0.6 is 0 Å². The molecule has 1 N–H and O–H groups in total. The van der Waals surface area contributed by atoms with Crippen LogP contribution in [0.15, 0.2) is 41.3 Å². The fourth-order valence-corrected chi connectivity index (χ4v) is 4.96. The lowest BCUT2D eigenvalue weighted by Crippen LogP contribution is -2.24. The zero-order chi connectivity index (χ0) is 19.4. The predicted molar refractivity (Wildman–Crippen MR) is 112 cm³/mol. The fourth-order valence-electron chi connectivity index (χ4n) is 3.88. The molecule has 27 heavy (non-hydrogen) atoms. The van der Waals surface area contributed by atoms with Gasteiger partial charge in [0, 0.05) is 6.54 Å². The van der Waals surface area contributed by atoms with Crippen LogP contribution in [0.25, 0.3) is 0 Å². The number of benzene rings is 2. The predicted octanol–water partition coefficient (Wildman–Crippen LogP) is 4.73. The average Bonchev–Trinajstić information content (AvgIpc) is 2.62. The first kappa shape index (κ1) is 20.1. The van der Waals surface area contributed by atoms with Crippen LogP contribution in [0.2, 0.25) is 0 Å². The van der Waals surface area contributed by atoms with Gasteiger partial charge in [0.1, 0.15) is 0 Å². The zero-order valence-corrected chi connectivity index (χ0v) is 17.5. The topological polar surface area (TPSA) is 46.2 Å². The quantitative estimate of drug-likeness (QED) is 0.701. The van der Waals surface area contributed by atoms with Gasteiger partial charge in [0.25, 0.3) is 0 Å². The number of sulfonamides is 1. The molecule has 0 bridgehead atoms. The van der Waals surface area contributed by atoms with Gasteiger partial charge in [0.2, 0.25) is 10.0 Å². The summed E-state index contributed by atoms with van der Waals surface area (Å²) in [5, 5.41) is 0. The van der Waals surface area contributed by atoms with Gasteiger partial charge in [0.05, 0.1) is 4.90 Å². The summed E-state index contributed by atoms with van der Waals surface area (Å²) in [5.41, 5.74) is 6.91. The van der Waals surface area contributed by atoms with E-state index in [-0.39, 0.29) is 0 Å². The van der Waals surface area contributed by atoms with Crippen molar-refractivity contribution in [1.29, 1.82) is 0 Å². The van der Waals surface area contributed by atoms with E-state index in [4.69, 9.17) is 0 Å². The summed E-state index contributed by atoms with van der Waals surface area (Å²) in [6.45, 7) is 6.97.